The van der Waals surface area contributed by atoms with Crippen molar-refractivity contribution in [2.75, 3.05) is 5.88 Å². The van der Waals surface area contributed by atoms with Gasteiger partial charge in [0.1, 0.15) is 11.5 Å². The zero-order valence-electron chi connectivity index (χ0n) is 7.96. The Morgan fingerprint density at radius 3 is 2.62 bits per heavy atom. The molecule has 0 bridgehead atoms. The molecule has 1 rings (SSSR count). The predicted octanol–water partition coefficient (Wildman–Crippen LogP) is 3.54. The van der Waals surface area contributed by atoms with Crippen LogP contribution in [-0.4, -0.2) is 17.3 Å². The highest BCUT2D eigenvalue weighted by molar-refractivity contribution is 6.19. The van der Waals surface area contributed by atoms with E-state index in [1.807, 2.05) is 0 Å². The van der Waals surface area contributed by atoms with Gasteiger partial charge in [-0.25, -0.2) is 0 Å². The molecule has 1 N–H and O–H groups in total. The van der Waals surface area contributed by atoms with Crippen LogP contribution in [-0.2, 0) is 0 Å². The van der Waals surface area contributed by atoms with Gasteiger partial charge in [0.25, 0.3) is 0 Å². The Morgan fingerprint density at radius 2 is 2.06 bits per heavy atom. The van der Waals surface area contributed by atoms with E-state index in [4.69, 9.17) is 16.7 Å². The lowest BCUT2D eigenvalue weighted by molar-refractivity contribution is -0.274. The van der Waals surface area contributed by atoms with Crippen molar-refractivity contribution < 1.29 is 23.0 Å². The van der Waals surface area contributed by atoms with Gasteiger partial charge in [-0.3, -0.25) is 0 Å². The molecule has 0 amide bonds. The number of alkyl halides is 4. The number of rotatable bonds is 3. The molecule has 1 aromatic rings. The minimum Gasteiger partial charge on any atom is -0.508 e. The number of phenolic OH excluding ortho intramolecular Hbond substituents is 1. The Kier molecular flexibility index (Phi) is 4.06. The van der Waals surface area contributed by atoms with E-state index in [0.29, 0.717) is 0 Å². The fraction of sp³-hybridized carbons (Fsp3) is 0.200. The highest BCUT2D eigenvalue weighted by Gasteiger charge is 2.31. The summed E-state index contributed by atoms with van der Waals surface area (Å²) in [4.78, 5) is 0. The van der Waals surface area contributed by atoms with Gasteiger partial charge in [-0.1, -0.05) is 12.2 Å². The molecule has 0 radical (unpaired) electrons. The van der Waals surface area contributed by atoms with Crippen LogP contribution in [0.2, 0.25) is 0 Å². The predicted molar refractivity (Wildman–Crippen MR) is 54.5 cm³/mol. The molecular formula is C10H8ClF3O2. The Morgan fingerprint density at radius 1 is 1.38 bits per heavy atom. The normalized spacial score (nSPS) is 12.0. The average molecular weight is 253 g/mol. The van der Waals surface area contributed by atoms with E-state index in [-0.39, 0.29) is 22.9 Å². The molecule has 88 valence electrons. The second-order valence-corrected chi connectivity index (χ2v) is 3.14. The van der Waals surface area contributed by atoms with Gasteiger partial charge in [0, 0.05) is 11.4 Å². The maximum Gasteiger partial charge on any atom is 0.573 e. The van der Waals surface area contributed by atoms with E-state index in [9.17, 15) is 13.2 Å². The van der Waals surface area contributed by atoms with Crippen LogP contribution in [0.4, 0.5) is 13.2 Å². The number of ether oxygens (including phenoxy) is 1. The monoisotopic (exact) mass is 252 g/mol. The second kappa shape index (κ2) is 5.12. The van der Waals surface area contributed by atoms with E-state index < -0.39 is 6.36 Å². The summed E-state index contributed by atoms with van der Waals surface area (Å²) in [6.45, 7) is 0. The average Bonchev–Trinajstić information content (AvgIpc) is 2.16. The zero-order chi connectivity index (χ0) is 12.2. The van der Waals surface area contributed by atoms with Crippen LogP contribution in [0, 0.1) is 0 Å². The summed E-state index contributed by atoms with van der Waals surface area (Å²) in [5.74, 6) is -0.378. The summed E-state index contributed by atoms with van der Waals surface area (Å²) >= 11 is 5.36. The Bertz CT molecular complexity index is 388. The topological polar surface area (TPSA) is 29.5 Å². The number of halogens is 4. The van der Waals surface area contributed by atoms with Crippen LogP contribution in [0.25, 0.3) is 6.08 Å². The fourth-order valence-electron chi connectivity index (χ4n) is 1.06. The van der Waals surface area contributed by atoms with Gasteiger partial charge in [0.15, 0.2) is 0 Å². The van der Waals surface area contributed by atoms with E-state index in [1.165, 1.54) is 12.2 Å². The van der Waals surface area contributed by atoms with Crippen molar-refractivity contribution in [2.45, 2.75) is 6.36 Å². The molecule has 0 fully saturated rings. The lowest BCUT2D eigenvalue weighted by Gasteiger charge is -2.11. The first-order valence-electron chi connectivity index (χ1n) is 4.23. The maximum atomic E-state index is 12.0. The summed E-state index contributed by atoms with van der Waals surface area (Å²) in [6.07, 6.45) is -1.98. The van der Waals surface area contributed by atoms with E-state index in [2.05, 4.69) is 4.74 Å². The van der Waals surface area contributed by atoms with Gasteiger partial charge in [0.2, 0.25) is 0 Å². The van der Waals surface area contributed by atoms with Crippen LogP contribution in [0.15, 0.2) is 24.3 Å². The van der Waals surface area contributed by atoms with Crippen molar-refractivity contribution >= 4 is 17.7 Å². The van der Waals surface area contributed by atoms with E-state index >= 15 is 0 Å². The van der Waals surface area contributed by atoms with Crippen molar-refractivity contribution in [1.29, 1.82) is 0 Å². The highest BCUT2D eigenvalue weighted by atomic mass is 35.5. The first-order chi connectivity index (χ1) is 7.42. The molecule has 0 spiro atoms. The third-order valence-corrected chi connectivity index (χ3v) is 1.78. The van der Waals surface area contributed by atoms with Crippen LogP contribution >= 0.6 is 11.6 Å². The van der Waals surface area contributed by atoms with Gasteiger partial charge < -0.3 is 9.84 Å². The molecular weight excluding hydrogens is 245 g/mol. The molecule has 0 aromatic heterocycles. The van der Waals surface area contributed by atoms with Gasteiger partial charge >= 0.3 is 6.36 Å². The molecule has 0 saturated carbocycles. The first-order valence-corrected chi connectivity index (χ1v) is 4.77. The SMILES string of the molecule is Oc1ccc(OC(F)(F)F)c(C=CCCl)c1. The van der Waals surface area contributed by atoms with Crippen molar-refractivity contribution in [3.63, 3.8) is 0 Å². The van der Waals surface area contributed by atoms with Gasteiger partial charge in [0.05, 0.1) is 0 Å². The van der Waals surface area contributed by atoms with Gasteiger partial charge in [-0.15, -0.1) is 24.8 Å². The second-order valence-electron chi connectivity index (χ2n) is 2.83. The smallest absolute Gasteiger partial charge is 0.508 e. The number of phenols is 1. The molecule has 6 heteroatoms. The Labute approximate surface area is 94.9 Å². The molecule has 0 unspecified atom stereocenters. The molecule has 0 aliphatic heterocycles. The Balaban J connectivity index is 3.03. The highest BCUT2D eigenvalue weighted by Crippen LogP contribution is 2.29. The first kappa shape index (κ1) is 12.7. The minimum atomic E-state index is -4.76. The molecule has 0 aliphatic carbocycles. The number of hydrogen-bond acceptors (Lipinski definition) is 2. The third-order valence-electron chi connectivity index (χ3n) is 1.61. The molecule has 2 nitrogen and oxygen atoms in total. The summed E-state index contributed by atoms with van der Waals surface area (Å²) in [7, 11) is 0. The maximum absolute atomic E-state index is 12.0. The quantitative estimate of drug-likeness (QED) is 0.834. The van der Waals surface area contributed by atoms with Crippen molar-refractivity contribution in [3.8, 4) is 11.5 Å². The minimum absolute atomic E-state index is 0.109. The van der Waals surface area contributed by atoms with Crippen molar-refractivity contribution in [3.05, 3.63) is 29.8 Å². The van der Waals surface area contributed by atoms with Crippen LogP contribution < -0.4 is 4.74 Å². The Hall–Kier alpha value is -1.36. The lowest BCUT2D eigenvalue weighted by atomic mass is 10.2. The summed E-state index contributed by atoms with van der Waals surface area (Å²) in [5.41, 5.74) is 0.109. The van der Waals surface area contributed by atoms with Crippen LogP contribution in [0.5, 0.6) is 11.5 Å². The number of hydrogen-bond donors (Lipinski definition) is 1. The zero-order valence-corrected chi connectivity index (χ0v) is 8.72. The molecule has 0 aliphatic rings. The molecule has 0 atom stereocenters. The number of allylic oxidation sites excluding steroid dienone is 1. The third kappa shape index (κ3) is 4.02. The van der Waals surface area contributed by atoms with Crippen molar-refractivity contribution in [1.82, 2.24) is 0 Å². The number of aromatic hydroxyl groups is 1. The molecule has 0 heterocycles. The fourth-order valence-corrected chi connectivity index (χ4v) is 1.14. The molecule has 0 saturated heterocycles. The number of benzene rings is 1. The van der Waals surface area contributed by atoms with E-state index in [0.717, 1.165) is 18.2 Å². The van der Waals surface area contributed by atoms with Crippen LogP contribution in [0.1, 0.15) is 5.56 Å². The van der Waals surface area contributed by atoms with Gasteiger partial charge in [-0.2, -0.15) is 0 Å². The van der Waals surface area contributed by atoms with Crippen molar-refractivity contribution in [2.24, 2.45) is 0 Å². The molecule has 1 aromatic carbocycles. The summed E-state index contributed by atoms with van der Waals surface area (Å²) in [6, 6.07) is 3.31. The lowest BCUT2D eigenvalue weighted by Crippen LogP contribution is -2.17. The summed E-state index contributed by atoms with van der Waals surface area (Å²) in [5, 5.41) is 9.13. The standard InChI is InChI=1S/C10H8ClF3O2/c11-5-1-2-7-6-8(15)3-4-9(7)16-10(12,13)14/h1-4,6,15H,5H2. The largest absolute Gasteiger partial charge is 0.573 e. The summed E-state index contributed by atoms with van der Waals surface area (Å²) < 4.78 is 39.8. The van der Waals surface area contributed by atoms with Crippen LogP contribution in [0.3, 0.4) is 0 Å². The van der Waals surface area contributed by atoms with Gasteiger partial charge in [-0.05, 0) is 18.2 Å². The molecule has 16 heavy (non-hydrogen) atoms. The van der Waals surface area contributed by atoms with E-state index in [1.54, 1.807) is 0 Å².